The summed E-state index contributed by atoms with van der Waals surface area (Å²) in [7, 11) is 4.49. The quantitative estimate of drug-likeness (QED) is 0.207. The molecule has 3 aromatic carbocycles. The maximum Gasteiger partial charge on any atom is 0.335 e. The molecule has 232 valence electrons. The summed E-state index contributed by atoms with van der Waals surface area (Å²) in [6, 6.07) is 13.4. The minimum absolute atomic E-state index is 0.0284. The molecule has 0 aliphatic carbocycles. The van der Waals surface area contributed by atoms with Crippen molar-refractivity contribution in [1.29, 1.82) is 0 Å². The van der Waals surface area contributed by atoms with Crippen molar-refractivity contribution in [1.82, 2.24) is 14.1 Å². The molecule has 2 aromatic heterocycles. The molecular weight excluding hydrogens is 590 g/mol. The van der Waals surface area contributed by atoms with E-state index in [1.54, 1.807) is 18.2 Å². The van der Waals surface area contributed by atoms with Gasteiger partial charge in [-0.2, -0.15) is 0 Å². The summed E-state index contributed by atoms with van der Waals surface area (Å²) in [4.78, 5) is 44.1. The smallest absolute Gasteiger partial charge is 0.335 e. The molecule has 0 fully saturated rings. The monoisotopic (exact) mass is 618 g/mol. The maximum atomic E-state index is 15.2. The fraction of sp³-hybridized carbons (Fsp3) is 0.188. The highest BCUT2D eigenvalue weighted by Crippen LogP contribution is 2.37. The van der Waals surface area contributed by atoms with Crippen molar-refractivity contribution in [3.05, 3.63) is 111 Å². The lowest BCUT2D eigenvalue weighted by atomic mass is 10.1. The average Bonchev–Trinajstić information content (AvgIpc) is 3.03. The van der Waals surface area contributed by atoms with Gasteiger partial charge in [-0.15, -0.1) is 0 Å². The molecule has 5 aromatic rings. The van der Waals surface area contributed by atoms with Gasteiger partial charge in [0.05, 0.1) is 25.4 Å². The number of benzene rings is 3. The second kappa shape index (κ2) is 13.4. The van der Waals surface area contributed by atoms with Crippen molar-refractivity contribution in [3.63, 3.8) is 0 Å². The Kier molecular flexibility index (Phi) is 9.19. The number of nitrogens with zero attached hydrogens (tertiary/aromatic N) is 3. The van der Waals surface area contributed by atoms with Gasteiger partial charge in [-0.05, 0) is 55.0 Å². The predicted octanol–water partition coefficient (Wildman–Crippen LogP) is 4.92. The predicted molar refractivity (Wildman–Crippen MR) is 162 cm³/mol. The largest absolute Gasteiger partial charge is 0.493 e. The Balaban J connectivity index is 1.44. The lowest BCUT2D eigenvalue weighted by molar-refractivity contribution is 0.102. The summed E-state index contributed by atoms with van der Waals surface area (Å²) in [6.07, 6.45) is 3.06. The molecule has 1 amide bonds. The van der Waals surface area contributed by atoms with E-state index in [9.17, 15) is 18.8 Å². The zero-order chi connectivity index (χ0) is 32.1. The molecule has 0 radical (unpaired) electrons. The Labute approximate surface area is 255 Å². The molecule has 0 saturated carbocycles. The lowest BCUT2D eigenvalue weighted by Crippen LogP contribution is -2.42. The third-order valence-electron chi connectivity index (χ3n) is 6.85. The number of rotatable bonds is 11. The van der Waals surface area contributed by atoms with Gasteiger partial charge in [0.2, 0.25) is 0 Å². The van der Waals surface area contributed by atoms with Gasteiger partial charge >= 0.3 is 5.69 Å². The van der Waals surface area contributed by atoms with E-state index in [1.807, 2.05) is 0 Å². The van der Waals surface area contributed by atoms with E-state index < -0.39 is 28.8 Å². The summed E-state index contributed by atoms with van der Waals surface area (Å²) in [5, 5.41) is 3.05. The molecule has 1 N–H and O–H groups in total. The van der Waals surface area contributed by atoms with E-state index in [2.05, 4.69) is 10.3 Å². The molecule has 0 aliphatic heterocycles. The maximum absolute atomic E-state index is 15.2. The minimum atomic E-state index is -0.927. The number of carbonyl (C=O) groups is 1. The number of hydrogen-bond donors (Lipinski definition) is 1. The fourth-order valence-electron chi connectivity index (χ4n) is 4.63. The second-order valence-corrected chi connectivity index (χ2v) is 9.72. The Morgan fingerprint density at radius 3 is 2.31 bits per heavy atom. The van der Waals surface area contributed by atoms with Gasteiger partial charge in [-0.1, -0.05) is 0 Å². The molecule has 2 heterocycles. The number of fused-ring (bicyclic) bond motifs is 1. The van der Waals surface area contributed by atoms with Crippen LogP contribution in [-0.2, 0) is 11.3 Å². The molecule has 0 spiro atoms. The number of hydrogen-bond acceptors (Lipinski definition) is 8. The van der Waals surface area contributed by atoms with Crippen LogP contribution in [0.5, 0.6) is 23.0 Å². The molecule has 0 saturated heterocycles. The van der Waals surface area contributed by atoms with Crippen molar-refractivity contribution < 1.29 is 32.5 Å². The van der Waals surface area contributed by atoms with E-state index in [4.69, 9.17) is 18.9 Å². The standard InChI is InChI=1S/C32H28F2N4O7/c1-42-14-4-13-37-18-23(31(40)38(32(37)41)21-8-5-19(33)6-9-21)30(39)36-20-7-10-27(24(34)15-20)45-26-11-12-35-25-17-29(44-3)28(43-2)16-22(25)26/h5-12,15-18H,4,13-14H2,1-3H3,(H,36,39). The average molecular weight is 619 g/mol. The van der Waals surface area contributed by atoms with Gasteiger partial charge in [0, 0.05) is 55.9 Å². The molecule has 11 nitrogen and oxygen atoms in total. The van der Waals surface area contributed by atoms with E-state index in [0.717, 1.165) is 29.0 Å². The van der Waals surface area contributed by atoms with Crippen LogP contribution >= 0.6 is 0 Å². The first-order valence-electron chi connectivity index (χ1n) is 13.6. The van der Waals surface area contributed by atoms with Crippen LogP contribution in [0, 0.1) is 11.6 Å². The number of ether oxygens (including phenoxy) is 4. The Morgan fingerprint density at radius 2 is 1.62 bits per heavy atom. The number of methoxy groups -OCH3 is 3. The van der Waals surface area contributed by atoms with Crippen LogP contribution in [0.2, 0.25) is 0 Å². The number of nitrogens with one attached hydrogen (secondary N) is 1. The van der Waals surface area contributed by atoms with Crippen molar-refractivity contribution >= 4 is 22.5 Å². The van der Waals surface area contributed by atoms with Crippen molar-refractivity contribution in [2.24, 2.45) is 0 Å². The van der Waals surface area contributed by atoms with E-state index in [1.165, 1.54) is 56.4 Å². The van der Waals surface area contributed by atoms with Gasteiger partial charge in [0.15, 0.2) is 23.1 Å². The molecule has 0 aliphatic rings. The van der Waals surface area contributed by atoms with E-state index in [-0.39, 0.29) is 29.2 Å². The van der Waals surface area contributed by atoms with Crippen molar-refractivity contribution in [3.8, 4) is 28.7 Å². The topological polar surface area (TPSA) is 123 Å². The van der Waals surface area contributed by atoms with Crippen LogP contribution in [0.15, 0.2) is 82.6 Å². The number of amides is 1. The van der Waals surface area contributed by atoms with Crippen LogP contribution in [0.1, 0.15) is 16.8 Å². The van der Waals surface area contributed by atoms with E-state index in [0.29, 0.717) is 41.2 Å². The third-order valence-corrected chi connectivity index (χ3v) is 6.85. The first-order chi connectivity index (χ1) is 21.7. The Morgan fingerprint density at radius 1 is 0.889 bits per heavy atom. The van der Waals surface area contributed by atoms with Gasteiger partial charge in [0.25, 0.3) is 11.5 Å². The minimum Gasteiger partial charge on any atom is -0.493 e. The molecular formula is C32H28F2N4O7. The number of pyridine rings is 1. The van der Waals surface area contributed by atoms with Gasteiger partial charge in [-0.3, -0.25) is 19.1 Å². The Hall–Kier alpha value is -5.56. The molecule has 5 rings (SSSR count). The number of aromatic nitrogens is 3. The van der Waals surface area contributed by atoms with Crippen molar-refractivity contribution in [2.75, 3.05) is 33.3 Å². The van der Waals surface area contributed by atoms with Crippen molar-refractivity contribution in [2.45, 2.75) is 13.0 Å². The summed E-state index contributed by atoms with van der Waals surface area (Å²) in [5.41, 5.74) is -1.39. The molecule has 13 heteroatoms. The summed E-state index contributed by atoms with van der Waals surface area (Å²) >= 11 is 0. The molecule has 45 heavy (non-hydrogen) atoms. The molecule has 0 unspecified atom stereocenters. The highest BCUT2D eigenvalue weighted by molar-refractivity contribution is 6.04. The van der Waals surface area contributed by atoms with Gasteiger partial charge in [-0.25, -0.2) is 18.1 Å². The van der Waals surface area contributed by atoms with Gasteiger partial charge < -0.3 is 24.3 Å². The normalized spacial score (nSPS) is 11.0. The van der Waals surface area contributed by atoms with Crippen LogP contribution in [-0.4, -0.2) is 48.0 Å². The zero-order valence-electron chi connectivity index (χ0n) is 24.5. The number of halogens is 2. The van der Waals surface area contributed by atoms with Crippen LogP contribution in [0.4, 0.5) is 14.5 Å². The van der Waals surface area contributed by atoms with Crippen LogP contribution in [0.25, 0.3) is 16.6 Å². The third kappa shape index (κ3) is 6.53. The lowest BCUT2D eigenvalue weighted by Gasteiger charge is -2.14. The Bertz CT molecular complexity index is 1990. The highest BCUT2D eigenvalue weighted by atomic mass is 19.1. The number of aryl methyl sites for hydroxylation is 1. The first kappa shape index (κ1) is 30.9. The van der Waals surface area contributed by atoms with Crippen LogP contribution in [0.3, 0.4) is 0 Å². The second-order valence-electron chi connectivity index (χ2n) is 9.72. The zero-order valence-corrected chi connectivity index (χ0v) is 24.5. The molecule has 0 bridgehead atoms. The molecule has 0 atom stereocenters. The summed E-state index contributed by atoms with van der Waals surface area (Å²) in [6.45, 7) is 0.464. The fourth-order valence-corrected chi connectivity index (χ4v) is 4.63. The summed E-state index contributed by atoms with van der Waals surface area (Å²) in [5.74, 6) is -1.18. The summed E-state index contributed by atoms with van der Waals surface area (Å²) < 4.78 is 52.4. The van der Waals surface area contributed by atoms with E-state index >= 15 is 4.39 Å². The van der Waals surface area contributed by atoms with Crippen LogP contribution < -0.4 is 30.8 Å². The highest BCUT2D eigenvalue weighted by Gasteiger charge is 2.20. The van der Waals surface area contributed by atoms with Gasteiger partial charge in [0.1, 0.15) is 17.1 Å². The first-order valence-corrected chi connectivity index (χ1v) is 13.6. The SMILES string of the molecule is COCCCn1cc(C(=O)Nc2ccc(Oc3ccnc4cc(OC)c(OC)cc34)c(F)c2)c(=O)n(-c2ccc(F)cc2)c1=O. The number of carbonyl (C=O) groups excluding carboxylic acids is 1. The number of anilines is 1.